The summed E-state index contributed by atoms with van der Waals surface area (Å²) in [4.78, 5) is 2.28. The molecule has 0 amide bonds. The number of nitrogens with zero attached hydrogens (tertiary/aromatic N) is 2. The summed E-state index contributed by atoms with van der Waals surface area (Å²) in [5, 5.41) is 0. The molecule has 6 heteroatoms. The van der Waals surface area contributed by atoms with Crippen LogP contribution < -0.4 is 4.74 Å². The third-order valence-corrected chi connectivity index (χ3v) is 6.67. The Kier molecular flexibility index (Phi) is 6.29. The van der Waals surface area contributed by atoms with E-state index in [9.17, 15) is 8.42 Å². The average Bonchev–Trinajstić information content (AvgIpc) is 2.68. The Hall–Kier alpha value is -1.89. The molecule has 1 fully saturated rings. The van der Waals surface area contributed by atoms with Gasteiger partial charge >= 0.3 is 0 Å². The number of methoxy groups -OCH3 is 1. The minimum atomic E-state index is -3.21. The molecule has 1 saturated heterocycles. The van der Waals surface area contributed by atoms with Crippen molar-refractivity contribution in [2.45, 2.75) is 13.0 Å². The van der Waals surface area contributed by atoms with Gasteiger partial charge in [0.2, 0.25) is 10.0 Å². The smallest absolute Gasteiger partial charge is 0.214 e. The first-order valence-corrected chi connectivity index (χ1v) is 10.6. The highest BCUT2D eigenvalue weighted by atomic mass is 32.2. The molecule has 0 spiro atoms. The van der Waals surface area contributed by atoms with Gasteiger partial charge in [-0.2, -0.15) is 4.31 Å². The first kappa shape index (κ1) is 18.9. The lowest BCUT2D eigenvalue weighted by Gasteiger charge is -2.34. The molecule has 0 aliphatic carbocycles. The van der Waals surface area contributed by atoms with Crippen LogP contribution in [-0.2, 0) is 23.0 Å². The molecular formula is C20H26N2O3S. The molecule has 0 radical (unpaired) electrons. The maximum absolute atomic E-state index is 12.6. The van der Waals surface area contributed by atoms with Crippen molar-refractivity contribution in [3.8, 4) is 5.75 Å². The Morgan fingerprint density at radius 3 is 2.27 bits per heavy atom. The van der Waals surface area contributed by atoms with Gasteiger partial charge in [0, 0.05) is 38.3 Å². The zero-order valence-corrected chi connectivity index (χ0v) is 16.0. The van der Waals surface area contributed by atoms with E-state index in [4.69, 9.17) is 4.74 Å². The second-order valence-corrected chi connectivity index (χ2v) is 8.63. The molecule has 5 nitrogen and oxygen atoms in total. The van der Waals surface area contributed by atoms with E-state index in [0.717, 1.165) is 36.5 Å². The van der Waals surface area contributed by atoms with Crippen LogP contribution in [0, 0.1) is 0 Å². The second kappa shape index (κ2) is 8.66. The van der Waals surface area contributed by atoms with Gasteiger partial charge in [0.05, 0.1) is 12.9 Å². The van der Waals surface area contributed by atoms with Gasteiger partial charge in [-0.3, -0.25) is 4.90 Å². The van der Waals surface area contributed by atoms with E-state index in [1.807, 2.05) is 48.5 Å². The van der Waals surface area contributed by atoms with Crippen molar-refractivity contribution >= 4 is 10.0 Å². The summed E-state index contributed by atoms with van der Waals surface area (Å²) in [7, 11) is -1.53. The van der Waals surface area contributed by atoms with Crippen molar-refractivity contribution in [3.05, 3.63) is 65.7 Å². The summed E-state index contributed by atoms with van der Waals surface area (Å²) in [6, 6.07) is 17.8. The van der Waals surface area contributed by atoms with Crippen LogP contribution in [-0.4, -0.2) is 56.7 Å². The number of piperazine rings is 1. The molecule has 0 atom stereocenters. The minimum Gasteiger partial charge on any atom is -0.496 e. The van der Waals surface area contributed by atoms with Gasteiger partial charge in [0.1, 0.15) is 5.75 Å². The molecule has 140 valence electrons. The molecule has 1 heterocycles. The van der Waals surface area contributed by atoms with Crippen LogP contribution in [0.2, 0.25) is 0 Å². The number of aryl methyl sites for hydroxylation is 1. The Morgan fingerprint density at radius 1 is 0.923 bits per heavy atom. The summed E-state index contributed by atoms with van der Waals surface area (Å²) in [5.74, 6) is 1.05. The number of benzene rings is 2. The normalized spacial score (nSPS) is 16.5. The van der Waals surface area contributed by atoms with E-state index in [2.05, 4.69) is 11.0 Å². The van der Waals surface area contributed by atoms with E-state index >= 15 is 0 Å². The maximum atomic E-state index is 12.6. The highest BCUT2D eigenvalue weighted by Gasteiger charge is 2.26. The number of ether oxygens (including phenoxy) is 1. The van der Waals surface area contributed by atoms with E-state index in [1.54, 1.807) is 11.4 Å². The van der Waals surface area contributed by atoms with Gasteiger partial charge in [-0.05, 0) is 18.1 Å². The van der Waals surface area contributed by atoms with Crippen molar-refractivity contribution in [1.82, 2.24) is 9.21 Å². The van der Waals surface area contributed by atoms with E-state index < -0.39 is 10.0 Å². The van der Waals surface area contributed by atoms with Crippen molar-refractivity contribution in [1.29, 1.82) is 0 Å². The fraction of sp³-hybridized carbons (Fsp3) is 0.400. The molecule has 26 heavy (non-hydrogen) atoms. The van der Waals surface area contributed by atoms with E-state index in [1.165, 1.54) is 0 Å². The fourth-order valence-electron chi connectivity index (χ4n) is 3.26. The van der Waals surface area contributed by atoms with Crippen LogP contribution in [0.5, 0.6) is 5.75 Å². The molecule has 0 N–H and O–H groups in total. The Bertz CT molecular complexity index is 801. The van der Waals surface area contributed by atoms with Crippen molar-refractivity contribution in [2.75, 3.05) is 39.0 Å². The van der Waals surface area contributed by atoms with Crippen LogP contribution in [0.3, 0.4) is 0 Å². The molecule has 1 aliphatic heterocycles. The summed E-state index contributed by atoms with van der Waals surface area (Å²) in [5.41, 5.74) is 2.20. The van der Waals surface area contributed by atoms with Gasteiger partial charge in [-0.1, -0.05) is 48.5 Å². The lowest BCUT2D eigenvalue weighted by atomic mass is 10.2. The third-order valence-electron chi connectivity index (χ3n) is 4.80. The topological polar surface area (TPSA) is 49.9 Å². The zero-order valence-electron chi connectivity index (χ0n) is 15.2. The van der Waals surface area contributed by atoms with E-state index in [-0.39, 0.29) is 5.75 Å². The summed E-state index contributed by atoms with van der Waals surface area (Å²) in [6.07, 6.45) is 0.560. The fourth-order valence-corrected chi connectivity index (χ4v) is 4.73. The predicted molar refractivity (Wildman–Crippen MR) is 104 cm³/mol. The van der Waals surface area contributed by atoms with Crippen LogP contribution >= 0.6 is 0 Å². The lowest BCUT2D eigenvalue weighted by Crippen LogP contribution is -2.49. The van der Waals surface area contributed by atoms with Crippen LogP contribution in [0.15, 0.2) is 54.6 Å². The molecule has 0 bridgehead atoms. The van der Waals surface area contributed by atoms with Gasteiger partial charge in [-0.25, -0.2) is 8.42 Å². The van der Waals surface area contributed by atoms with Crippen molar-refractivity contribution in [3.63, 3.8) is 0 Å². The minimum absolute atomic E-state index is 0.170. The van der Waals surface area contributed by atoms with Crippen molar-refractivity contribution < 1.29 is 13.2 Å². The third kappa shape index (κ3) is 4.84. The summed E-state index contributed by atoms with van der Waals surface area (Å²) in [6.45, 7) is 3.35. The number of hydrogen-bond acceptors (Lipinski definition) is 4. The quantitative estimate of drug-likeness (QED) is 0.747. The van der Waals surface area contributed by atoms with Gasteiger partial charge in [0.15, 0.2) is 0 Å². The molecule has 3 rings (SSSR count). The van der Waals surface area contributed by atoms with Gasteiger partial charge < -0.3 is 4.74 Å². The average molecular weight is 375 g/mol. The molecule has 0 saturated carbocycles. The number of sulfonamides is 1. The molecule has 2 aromatic rings. The predicted octanol–water partition coefficient (Wildman–Crippen LogP) is 2.39. The SMILES string of the molecule is COc1ccccc1CN1CCN(S(=O)(=O)CCc2ccccc2)CC1. The second-order valence-electron chi connectivity index (χ2n) is 6.54. The lowest BCUT2D eigenvalue weighted by molar-refractivity contribution is 0.180. The van der Waals surface area contributed by atoms with E-state index in [0.29, 0.717) is 19.5 Å². The number of hydrogen-bond donors (Lipinski definition) is 0. The number of para-hydroxylation sites is 1. The summed E-state index contributed by atoms with van der Waals surface area (Å²) < 4.78 is 32.3. The first-order chi connectivity index (χ1) is 12.6. The standard InChI is InChI=1S/C20H26N2O3S/c1-25-20-10-6-5-9-19(20)17-21-12-14-22(15-13-21)26(23,24)16-11-18-7-3-2-4-8-18/h2-10H,11-17H2,1H3. The molecule has 0 unspecified atom stereocenters. The molecule has 1 aliphatic rings. The van der Waals surface area contributed by atoms with Crippen molar-refractivity contribution in [2.24, 2.45) is 0 Å². The first-order valence-electron chi connectivity index (χ1n) is 8.94. The molecule has 2 aromatic carbocycles. The largest absolute Gasteiger partial charge is 0.496 e. The van der Waals surface area contributed by atoms with Gasteiger partial charge in [0.25, 0.3) is 0 Å². The summed E-state index contributed by atoms with van der Waals surface area (Å²) >= 11 is 0. The van der Waals surface area contributed by atoms with Crippen LogP contribution in [0.1, 0.15) is 11.1 Å². The monoisotopic (exact) mass is 374 g/mol. The molecule has 0 aromatic heterocycles. The van der Waals surface area contributed by atoms with Gasteiger partial charge in [-0.15, -0.1) is 0 Å². The highest BCUT2D eigenvalue weighted by molar-refractivity contribution is 7.89. The Morgan fingerprint density at radius 2 is 1.58 bits per heavy atom. The van der Waals surface area contributed by atoms with Crippen LogP contribution in [0.25, 0.3) is 0 Å². The maximum Gasteiger partial charge on any atom is 0.214 e. The Labute approximate surface area is 156 Å². The van der Waals surface area contributed by atoms with Crippen LogP contribution in [0.4, 0.5) is 0 Å². The Balaban J connectivity index is 1.52. The molecular weight excluding hydrogens is 348 g/mol. The highest BCUT2D eigenvalue weighted by Crippen LogP contribution is 2.20. The number of rotatable bonds is 7. The zero-order chi connectivity index (χ0) is 18.4.